The second kappa shape index (κ2) is 6.75. The third kappa shape index (κ3) is 4.18. The van der Waals surface area contributed by atoms with Crippen LogP contribution in [0.1, 0.15) is 30.8 Å². The average Bonchev–Trinajstić information content (AvgIpc) is 2.95. The number of halogens is 1. The van der Waals surface area contributed by atoms with Crippen LogP contribution in [0.25, 0.3) is 11.3 Å². The van der Waals surface area contributed by atoms with Crippen LogP contribution in [-0.4, -0.2) is 24.2 Å². The Morgan fingerprint density at radius 3 is 2.55 bits per heavy atom. The van der Waals surface area contributed by atoms with E-state index in [0.29, 0.717) is 24.3 Å². The van der Waals surface area contributed by atoms with Crippen molar-refractivity contribution in [1.29, 1.82) is 0 Å². The van der Waals surface area contributed by atoms with E-state index >= 15 is 0 Å². The number of aliphatic hydroxyl groups is 1. The molecule has 0 fully saturated rings. The Morgan fingerprint density at radius 1 is 1.23 bits per heavy atom. The minimum atomic E-state index is -0.320. The van der Waals surface area contributed by atoms with Gasteiger partial charge < -0.3 is 14.8 Å². The highest BCUT2D eigenvalue weighted by molar-refractivity contribution is 5.92. The molecule has 2 rings (SSSR count). The third-order valence-electron chi connectivity index (χ3n) is 3.47. The Balaban J connectivity index is 2.02. The molecule has 0 spiro atoms. The zero-order chi connectivity index (χ0) is 16.2. The fourth-order valence-electron chi connectivity index (χ4n) is 2.03. The third-order valence-corrected chi connectivity index (χ3v) is 3.47. The van der Waals surface area contributed by atoms with Crippen molar-refractivity contribution in [3.63, 3.8) is 0 Å². The summed E-state index contributed by atoms with van der Waals surface area (Å²) < 4.78 is 18.4. The number of hydrogen-bond acceptors (Lipinski definition) is 3. The second-order valence-corrected chi connectivity index (χ2v) is 5.99. The fourth-order valence-corrected chi connectivity index (χ4v) is 2.03. The molecule has 118 valence electrons. The number of rotatable bonds is 6. The molecule has 0 bridgehead atoms. The molecule has 4 nitrogen and oxygen atoms in total. The molecule has 0 radical (unpaired) electrons. The summed E-state index contributed by atoms with van der Waals surface area (Å²) in [4.78, 5) is 12.1. The number of hydrogen-bond donors (Lipinski definition) is 2. The summed E-state index contributed by atoms with van der Waals surface area (Å²) in [5, 5.41) is 11.8. The minimum absolute atomic E-state index is 0.0817. The number of carbonyl (C=O) groups excluding carboxylic acids is 1. The molecule has 0 unspecified atom stereocenters. The SMILES string of the molecule is CC(C)(CCO)CNC(=O)c1ccc(-c2ccc(F)cc2)o1. The summed E-state index contributed by atoms with van der Waals surface area (Å²) >= 11 is 0. The summed E-state index contributed by atoms with van der Waals surface area (Å²) in [6, 6.07) is 9.15. The van der Waals surface area contributed by atoms with Gasteiger partial charge in [0.2, 0.25) is 0 Å². The van der Waals surface area contributed by atoms with Crippen molar-refractivity contribution in [2.24, 2.45) is 5.41 Å². The lowest BCUT2D eigenvalue weighted by Crippen LogP contribution is -2.34. The largest absolute Gasteiger partial charge is 0.451 e. The Morgan fingerprint density at radius 2 is 1.91 bits per heavy atom. The number of furan rings is 1. The van der Waals surface area contributed by atoms with Crippen molar-refractivity contribution in [3.8, 4) is 11.3 Å². The zero-order valence-corrected chi connectivity index (χ0v) is 12.7. The second-order valence-electron chi connectivity index (χ2n) is 5.99. The van der Waals surface area contributed by atoms with Crippen LogP contribution in [0.5, 0.6) is 0 Å². The number of aliphatic hydroxyl groups excluding tert-OH is 1. The summed E-state index contributed by atoms with van der Waals surface area (Å²) in [5.41, 5.74) is 0.526. The van der Waals surface area contributed by atoms with Gasteiger partial charge in [0.1, 0.15) is 11.6 Å². The molecular formula is C17H20FNO3. The molecule has 0 saturated carbocycles. The van der Waals surface area contributed by atoms with Crippen LogP contribution in [-0.2, 0) is 0 Å². The van der Waals surface area contributed by atoms with Crippen molar-refractivity contribution in [1.82, 2.24) is 5.32 Å². The highest BCUT2D eigenvalue weighted by Gasteiger charge is 2.20. The Kier molecular flexibility index (Phi) is 4.98. The summed E-state index contributed by atoms with van der Waals surface area (Å²) in [6.07, 6.45) is 0.603. The highest BCUT2D eigenvalue weighted by Crippen LogP contribution is 2.23. The van der Waals surface area contributed by atoms with E-state index in [1.807, 2.05) is 13.8 Å². The van der Waals surface area contributed by atoms with E-state index in [0.717, 1.165) is 0 Å². The zero-order valence-electron chi connectivity index (χ0n) is 12.7. The van der Waals surface area contributed by atoms with Crippen LogP contribution in [0.3, 0.4) is 0 Å². The maximum absolute atomic E-state index is 12.9. The van der Waals surface area contributed by atoms with Gasteiger partial charge in [-0.2, -0.15) is 0 Å². The predicted molar refractivity (Wildman–Crippen MR) is 81.9 cm³/mol. The molecular weight excluding hydrogens is 285 g/mol. The molecule has 2 N–H and O–H groups in total. The normalized spacial score (nSPS) is 11.5. The Labute approximate surface area is 129 Å². The van der Waals surface area contributed by atoms with Gasteiger partial charge in [-0.05, 0) is 48.2 Å². The molecule has 0 saturated heterocycles. The lowest BCUT2D eigenvalue weighted by atomic mass is 9.90. The molecule has 0 aliphatic rings. The van der Waals surface area contributed by atoms with Crippen LogP contribution >= 0.6 is 0 Å². The van der Waals surface area contributed by atoms with Gasteiger partial charge in [-0.15, -0.1) is 0 Å². The topological polar surface area (TPSA) is 62.5 Å². The number of benzene rings is 1. The first-order chi connectivity index (χ1) is 10.4. The Bertz CT molecular complexity index is 632. The van der Waals surface area contributed by atoms with Gasteiger partial charge in [0.25, 0.3) is 5.91 Å². The molecule has 2 aromatic rings. The van der Waals surface area contributed by atoms with E-state index in [1.165, 1.54) is 12.1 Å². The van der Waals surface area contributed by atoms with E-state index in [2.05, 4.69) is 5.32 Å². The summed E-state index contributed by atoms with van der Waals surface area (Å²) in [6.45, 7) is 4.46. The maximum Gasteiger partial charge on any atom is 0.287 e. The van der Waals surface area contributed by atoms with Crippen LogP contribution in [0.15, 0.2) is 40.8 Å². The minimum Gasteiger partial charge on any atom is -0.451 e. The van der Waals surface area contributed by atoms with Gasteiger partial charge in [0, 0.05) is 18.7 Å². The molecule has 1 aromatic carbocycles. The maximum atomic E-state index is 12.9. The first kappa shape index (κ1) is 16.2. The van der Waals surface area contributed by atoms with Gasteiger partial charge in [-0.3, -0.25) is 4.79 Å². The van der Waals surface area contributed by atoms with E-state index in [4.69, 9.17) is 9.52 Å². The van der Waals surface area contributed by atoms with Gasteiger partial charge >= 0.3 is 0 Å². The lowest BCUT2D eigenvalue weighted by molar-refractivity contribution is 0.0901. The van der Waals surface area contributed by atoms with Crippen molar-refractivity contribution in [2.45, 2.75) is 20.3 Å². The summed E-state index contributed by atoms with van der Waals surface area (Å²) in [5.74, 6) is 0.0951. The standard InChI is InChI=1S/C17H20FNO3/c1-17(2,9-10-20)11-19-16(21)15-8-7-14(22-15)12-3-5-13(18)6-4-12/h3-8,20H,9-11H2,1-2H3,(H,19,21). The van der Waals surface area contributed by atoms with Crippen molar-refractivity contribution in [3.05, 3.63) is 48.0 Å². The van der Waals surface area contributed by atoms with Gasteiger partial charge in [-0.1, -0.05) is 13.8 Å². The van der Waals surface area contributed by atoms with E-state index < -0.39 is 0 Å². The van der Waals surface area contributed by atoms with Crippen LogP contribution < -0.4 is 5.32 Å². The molecule has 1 heterocycles. The monoisotopic (exact) mass is 305 g/mol. The van der Waals surface area contributed by atoms with E-state index in [9.17, 15) is 9.18 Å². The fraction of sp³-hybridized carbons (Fsp3) is 0.353. The molecule has 0 aliphatic carbocycles. The number of carbonyl (C=O) groups is 1. The molecule has 0 aliphatic heterocycles. The quantitative estimate of drug-likeness (QED) is 0.861. The van der Waals surface area contributed by atoms with Gasteiger partial charge in [0.05, 0.1) is 0 Å². The van der Waals surface area contributed by atoms with Crippen molar-refractivity contribution in [2.75, 3.05) is 13.2 Å². The van der Waals surface area contributed by atoms with Crippen molar-refractivity contribution < 1.29 is 18.7 Å². The molecule has 0 atom stereocenters. The molecule has 1 amide bonds. The average molecular weight is 305 g/mol. The van der Waals surface area contributed by atoms with Crippen LogP contribution in [0.4, 0.5) is 4.39 Å². The predicted octanol–water partition coefficient (Wildman–Crippen LogP) is 3.22. The van der Waals surface area contributed by atoms with Crippen LogP contribution in [0, 0.1) is 11.2 Å². The lowest BCUT2D eigenvalue weighted by Gasteiger charge is -2.23. The van der Waals surface area contributed by atoms with Gasteiger partial charge in [0.15, 0.2) is 5.76 Å². The summed E-state index contributed by atoms with van der Waals surface area (Å²) in [7, 11) is 0. The molecule has 5 heteroatoms. The first-order valence-electron chi connectivity index (χ1n) is 7.16. The number of nitrogens with one attached hydrogen (secondary N) is 1. The highest BCUT2D eigenvalue weighted by atomic mass is 19.1. The first-order valence-corrected chi connectivity index (χ1v) is 7.16. The van der Waals surface area contributed by atoms with E-state index in [-0.39, 0.29) is 29.5 Å². The Hall–Kier alpha value is -2.14. The molecule has 22 heavy (non-hydrogen) atoms. The molecule has 1 aromatic heterocycles. The number of amides is 1. The van der Waals surface area contributed by atoms with Gasteiger partial charge in [-0.25, -0.2) is 4.39 Å². The van der Waals surface area contributed by atoms with Crippen molar-refractivity contribution >= 4 is 5.91 Å². The van der Waals surface area contributed by atoms with Crippen LogP contribution in [0.2, 0.25) is 0 Å². The van der Waals surface area contributed by atoms with E-state index in [1.54, 1.807) is 24.3 Å². The smallest absolute Gasteiger partial charge is 0.287 e.